The maximum absolute atomic E-state index is 13.5. The van der Waals surface area contributed by atoms with Crippen LogP contribution in [0.25, 0.3) is 0 Å². The molecule has 5 heteroatoms. The zero-order chi connectivity index (χ0) is 14.1. The first-order chi connectivity index (χ1) is 9.65. The number of hydrogen-bond donors (Lipinski definition) is 1. The van der Waals surface area contributed by atoms with Crippen LogP contribution >= 0.6 is 0 Å². The molecule has 1 aliphatic carbocycles. The van der Waals surface area contributed by atoms with Crippen molar-refractivity contribution in [2.24, 2.45) is 0 Å². The maximum Gasteiger partial charge on any atom is 0.254 e. The summed E-state index contributed by atoms with van der Waals surface area (Å²) in [6, 6.07) is 7.99. The van der Waals surface area contributed by atoms with Crippen LogP contribution in [0, 0.1) is 5.82 Å². The first-order valence-electron chi connectivity index (χ1n) is 6.53. The van der Waals surface area contributed by atoms with Gasteiger partial charge >= 0.3 is 0 Å². The van der Waals surface area contributed by atoms with Crippen LogP contribution < -0.4 is 5.73 Å². The molecule has 1 fully saturated rings. The molecule has 0 saturated heterocycles. The minimum Gasteiger partial charge on any atom is -0.467 e. The summed E-state index contributed by atoms with van der Waals surface area (Å²) in [5, 5.41) is 0. The van der Waals surface area contributed by atoms with Gasteiger partial charge in [0.2, 0.25) is 0 Å². The minimum atomic E-state index is -0.565. The lowest BCUT2D eigenvalue weighted by atomic mass is 10.1. The van der Waals surface area contributed by atoms with E-state index in [2.05, 4.69) is 0 Å². The summed E-state index contributed by atoms with van der Waals surface area (Å²) in [5.41, 5.74) is 5.79. The Kier molecular flexibility index (Phi) is 3.18. The fraction of sp³-hybridized carbons (Fsp3) is 0.267. The van der Waals surface area contributed by atoms with Gasteiger partial charge in [-0.2, -0.15) is 0 Å². The number of nitrogen functional groups attached to an aromatic ring is 1. The summed E-state index contributed by atoms with van der Waals surface area (Å²) in [6.45, 7) is 0.405. The second kappa shape index (κ2) is 5.00. The van der Waals surface area contributed by atoms with E-state index in [9.17, 15) is 9.18 Å². The summed E-state index contributed by atoms with van der Waals surface area (Å²) in [6.07, 6.45) is 3.53. The van der Waals surface area contributed by atoms with Gasteiger partial charge < -0.3 is 15.1 Å². The average Bonchev–Trinajstić information content (AvgIpc) is 3.15. The van der Waals surface area contributed by atoms with Crippen LogP contribution in [0.15, 0.2) is 41.0 Å². The predicted molar refractivity (Wildman–Crippen MR) is 72.4 cm³/mol. The van der Waals surface area contributed by atoms with E-state index in [0.29, 0.717) is 12.1 Å². The fourth-order valence-electron chi connectivity index (χ4n) is 2.15. The molecule has 20 heavy (non-hydrogen) atoms. The SMILES string of the molecule is Nc1ccc(C(=O)N(Cc2ccco2)C2CC2)cc1F. The normalized spacial score (nSPS) is 14.2. The van der Waals surface area contributed by atoms with Gasteiger partial charge in [-0.05, 0) is 43.2 Å². The van der Waals surface area contributed by atoms with E-state index in [1.165, 1.54) is 12.1 Å². The molecule has 0 bridgehead atoms. The Morgan fingerprint density at radius 3 is 2.80 bits per heavy atom. The van der Waals surface area contributed by atoms with Crippen molar-refractivity contribution in [2.45, 2.75) is 25.4 Å². The van der Waals surface area contributed by atoms with E-state index >= 15 is 0 Å². The monoisotopic (exact) mass is 274 g/mol. The van der Waals surface area contributed by atoms with Gasteiger partial charge in [-0.1, -0.05) is 0 Å². The minimum absolute atomic E-state index is 0.0468. The molecule has 0 unspecified atom stereocenters. The Bertz CT molecular complexity index is 621. The molecular weight excluding hydrogens is 259 g/mol. The molecule has 1 saturated carbocycles. The molecule has 0 radical (unpaired) electrons. The summed E-state index contributed by atoms with van der Waals surface area (Å²) < 4.78 is 18.8. The van der Waals surface area contributed by atoms with Crippen molar-refractivity contribution in [3.8, 4) is 0 Å². The number of benzene rings is 1. The van der Waals surface area contributed by atoms with Crippen LogP contribution in [0.3, 0.4) is 0 Å². The number of anilines is 1. The predicted octanol–water partition coefficient (Wildman–Crippen LogP) is 2.81. The van der Waals surface area contributed by atoms with Crippen molar-refractivity contribution >= 4 is 11.6 Å². The third-order valence-corrected chi connectivity index (χ3v) is 3.40. The van der Waals surface area contributed by atoms with Crippen LogP contribution in [0.4, 0.5) is 10.1 Å². The van der Waals surface area contributed by atoms with E-state index in [1.807, 2.05) is 6.07 Å². The first kappa shape index (κ1) is 12.7. The van der Waals surface area contributed by atoms with E-state index in [0.717, 1.165) is 18.6 Å². The number of amides is 1. The standard InChI is InChI=1S/C15H15FN2O2/c16-13-8-10(3-6-14(13)17)15(19)18(11-4-5-11)9-12-2-1-7-20-12/h1-3,6-8,11H,4-5,9,17H2. The zero-order valence-corrected chi connectivity index (χ0v) is 10.9. The van der Waals surface area contributed by atoms with E-state index in [4.69, 9.17) is 10.2 Å². The van der Waals surface area contributed by atoms with Crippen LogP contribution in [0.1, 0.15) is 29.0 Å². The molecule has 1 aliphatic rings. The van der Waals surface area contributed by atoms with Crippen LogP contribution in [0.5, 0.6) is 0 Å². The van der Waals surface area contributed by atoms with Gasteiger partial charge in [-0.15, -0.1) is 0 Å². The smallest absolute Gasteiger partial charge is 0.254 e. The van der Waals surface area contributed by atoms with Gasteiger partial charge in [-0.3, -0.25) is 4.79 Å². The molecule has 1 aromatic carbocycles. The van der Waals surface area contributed by atoms with Gasteiger partial charge in [-0.25, -0.2) is 4.39 Å². The Balaban J connectivity index is 1.83. The lowest BCUT2D eigenvalue weighted by Crippen LogP contribution is -2.32. The molecule has 3 rings (SSSR count). The summed E-state index contributed by atoms with van der Waals surface area (Å²) >= 11 is 0. The molecule has 0 spiro atoms. The van der Waals surface area contributed by atoms with Gasteiger partial charge in [0.05, 0.1) is 18.5 Å². The van der Waals surface area contributed by atoms with Crippen molar-refractivity contribution in [3.05, 3.63) is 53.7 Å². The summed E-state index contributed by atoms with van der Waals surface area (Å²) in [4.78, 5) is 14.2. The van der Waals surface area contributed by atoms with Crippen LogP contribution in [-0.2, 0) is 6.54 Å². The topological polar surface area (TPSA) is 59.5 Å². The van der Waals surface area contributed by atoms with Crippen molar-refractivity contribution < 1.29 is 13.6 Å². The molecule has 1 aromatic heterocycles. The number of furan rings is 1. The van der Waals surface area contributed by atoms with E-state index in [-0.39, 0.29) is 17.6 Å². The molecule has 0 atom stereocenters. The molecular formula is C15H15FN2O2. The second-order valence-corrected chi connectivity index (χ2v) is 4.98. The van der Waals surface area contributed by atoms with Crippen molar-refractivity contribution in [1.29, 1.82) is 0 Å². The average molecular weight is 274 g/mol. The maximum atomic E-state index is 13.5. The highest BCUT2D eigenvalue weighted by Crippen LogP contribution is 2.30. The highest BCUT2D eigenvalue weighted by atomic mass is 19.1. The highest BCUT2D eigenvalue weighted by Gasteiger charge is 2.33. The second-order valence-electron chi connectivity index (χ2n) is 4.98. The molecule has 2 N–H and O–H groups in total. The number of nitrogens with zero attached hydrogens (tertiary/aromatic N) is 1. The Labute approximate surface area is 116 Å². The van der Waals surface area contributed by atoms with Crippen molar-refractivity contribution in [2.75, 3.05) is 5.73 Å². The van der Waals surface area contributed by atoms with E-state index in [1.54, 1.807) is 23.3 Å². The first-order valence-corrected chi connectivity index (χ1v) is 6.53. The number of rotatable bonds is 4. The Hall–Kier alpha value is -2.30. The lowest BCUT2D eigenvalue weighted by Gasteiger charge is -2.21. The van der Waals surface area contributed by atoms with Gasteiger partial charge in [0.1, 0.15) is 11.6 Å². The largest absolute Gasteiger partial charge is 0.467 e. The Morgan fingerprint density at radius 2 is 2.20 bits per heavy atom. The molecule has 104 valence electrons. The molecule has 1 heterocycles. The van der Waals surface area contributed by atoms with Crippen molar-refractivity contribution in [1.82, 2.24) is 4.90 Å². The fourth-order valence-corrected chi connectivity index (χ4v) is 2.15. The number of carbonyl (C=O) groups is 1. The molecule has 4 nitrogen and oxygen atoms in total. The number of nitrogens with two attached hydrogens (primary N) is 1. The lowest BCUT2D eigenvalue weighted by molar-refractivity contribution is 0.0717. The summed E-state index contributed by atoms with van der Waals surface area (Å²) in [5.74, 6) is -0.0337. The highest BCUT2D eigenvalue weighted by molar-refractivity contribution is 5.95. The van der Waals surface area contributed by atoms with Crippen LogP contribution in [-0.4, -0.2) is 16.8 Å². The molecule has 0 aliphatic heterocycles. The van der Waals surface area contributed by atoms with Crippen LogP contribution in [0.2, 0.25) is 0 Å². The van der Waals surface area contributed by atoms with Gasteiger partial charge in [0, 0.05) is 11.6 Å². The van der Waals surface area contributed by atoms with Crippen molar-refractivity contribution in [3.63, 3.8) is 0 Å². The van der Waals surface area contributed by atoms with E-state index < -0.39 is 5.82 Å². The quantitative estimate of drug-likeness (QED) is 0.872. The van der Waals surface area contributed by atoms with Gasteiger partial charge in [0.25, 0.3) is 5.91 Å². The molecule has 2 aromatic rings. The Morgan fingerprint density at radius 1 is 1.40 bits per heavy atom. The number of halogens is 1. The zero-order valence-electron chi connectivity index (χ0n) is 10.9. The number of carbonyl (C=O) groups excluding carboxylic acids is 1. The molecule has 1 amide bonds. The number of hydrogen-bond acceptors (Lipinski definition) is 3. The third kappa shape index (κ3) is 2.52. The summed E-state index contributed by atoms with van der Waals surface area (Å²) in [7, 11) is 0. The third-order valence-electron chi connectivity index (χ3n) is 3.40. The van der Waals surface area contributed by atoms with Gasteiger partial charge in [0.15, 0.2) is 0 Å².